The average molecular weight is 241 g/mol. The Hall–Kier alpha value is -0.940. The number of aryl methyl sites for hydroxylation is 1. The van der Waals surface area contributed by atoms with Crippen molar-refractivity contribution in [2.45, 2.75) is 32.3 Å². The Morgan fingerprint density at radius 1 is 1.75 bits per heavy atom. The van der Waals surface area contributed by atoms with E-state index in [0.717, 1.165) is 31.6 Å². The van der Waals surface area contributed by atoms with E-state index in [9.17, 15) is 4.79 Å². The van der Waals surface area contributed by atoms with E-state index < -0.39 is 0 Å². The number of nitrogens with zero attached hydrogens (tertiary/aromatic N) is 1. The van der Waals surface area contributed by atoms with Gasteiger partial charge in [-0.1, -0.05) is 0 Å². The summed E-state index contributed by atoms with van der Waals surface area (Å²) < 4.78 is 10.6. The Balaban J connectivity index is 1.73. The smallest absolute Gasteiger partial charge is 0.350 e. The average Bonchev–Trinajstić information content (AvgIpc) is 2.88. The zero-order chi connectivity index (χ0) is 11.4. The number of thiazole rings is 1. The third-order valence-electron chi connectivity index (χ3n) is 2.63. The number of ether oxygens (including phenoxy) is 2. The fourth-order valence-electron chi connectivity index (χ4n) is 1.72. The quantitative estimate of drug-likeness (QED) is 0.758. The molecule has 0 amide bonds. The summed E-state index contributed by atoms with van der Waals surface area (Å²) in [5.41, 5.74) is 2.40. The molecule has 1 saturated heterocycles. The molecule has 2 heterocycles. The molecule has 4 nitrogen and oxygen atoms in total. The zero-order valence-corrected chi connectivity index (χ0v) is 10.1. The van der Waals surface area contributed by atoms with E-state index in [4.69, 9.17) is 9.47 Å². The Kier molecular flexibility index (Phi) is 3.90. The summed E-state index contributed by atoms with van der Waals surface area (Å²) in [4.78, 5) is 16.2. The minimum Gasteiger partial charge on any atom is -0.461 e. The van der Waals surface area contributed by atoms with Crippen LogP contribution in [0.25, 0.3) is 0 Å². The molecule has 88 valence electrons. The highest BCUT2D eigenvalue weighted by Gasteiger charge is 2.17. The summed E-state index contributed by atoms with van der Waals surface area (Å²) in [5, 5.41) is 0. The van der Waals surface area contributed by atoms with Crippen LogP contribution >= 0.6 is 11.3 Å². The van der Waals surface area contributed by atoms with Gasteiger partial charge >= 0.3 is 5.97 Å². The molecule has 5 heteroatoms. The third-order valence-corrected chi connectivity index (χ3v) is 3.54. The van der Waals surface area contributed by atoms with Crippen molar-refractivity contribution in [1.29, 1.82) is 0 Å². The van der Waals surface area contributed by atoms with Crippen LogP contribution in [0.4, 0.5) is 0 Å². The molecular weight excluding hydrogens is 226 g/mol. The van der Waals surface area contributed by atoms with Crippen molar-refractivity contribution in [3.05, 3.63) is 16.1 Å². The van der Waals surface area contributed by atoms with E-state index in [1.54, 1.807) is 5.51 Å². The van der Waals surface area contributed by atoms with Crippen LogP contribution in [0, 0.1) is 6.92 Å². The first-order valence-electron chi connectivity index (χ1n) is 5.46. The van der Waals surface area contributed by atoms with Gasteiger partial charge in [-0.05, 0) is 19.8 Å². The molecule has 16 heavy (non-hydrogen) atoms. The highest BCUT2D eigenvalue weighted by Crippen LogP contribution is 2.17. The maximum atomic E-state index is 11.6. The fraction of sp³-hybridized carbons (Fsp3) is 0.636. The van der Waals surface area contributed by atoms with Gasteiger partial charge in [-0.15, -0.1) is 11.3 Å². The number of rotatable bonds is 4. The first-order valence-corrected chi connectivity index (χ1v) is 6.34. The monoisotopic (exact) mass is 241 g/mol. The molecular formula is C11H15NO3S. The number of carbonyl (C=O) groups is 1. The normalized spacial score (nSPS) is 19.9. The van der Waals surface area contributed by atoms with Gasteiger partial charge in [-0.2, -0.15) is 0 Å². The summed E-state index contributed by atoms with van der Waals surface area (Å²) >= 11 is 1.32. The van der Waals surface area contributed by atoms with Gasteiger partial charge in [-0.25, -0.2) is 9.78 Å². The number of carbonyl (C=O) groups excluding carboxylic acids is 1. The van der Waals surface area contributed by atoms with Crippen LogP contribution in [-0.4, -0.2) is 30.3 Å². The van der Waals surface area contributed by atoms with Crippen molar-refractivity contribution >= 4 is 17.3 Å². The predicted molar refractivity (Wildman–Crippen MR) is 60.7 cm³/mol. The summed E-state index contributed by atoms with van der Waals surface area (Å²) in [5.74, 6) is -0.266. The van der Waals surface area contributed by atoms with E-state index in [-0.39, 0.29) is 12.1 Å². The van der Waals surface area contributed by atoms with Crippen LogP contribution < -0.4 is 0 Å². The molecule has 1 fully saturated rings. The van der Waals surface area contributed by atoms with E-state index in [0.29, 0.717) is 11.5 Å². The lowest BCUT2D eigenvalue weighted by atomic mass is 10.2. The molecule has 2 rings (SSSR count). The van der Waals surface area contributed by atoms with Crippen LogP contribution in [0.5, 0.6) is 0 Å². The second kappa shape index (κ2) is 5.41. The molecule has 0 spiro atoms. The second-order valence-electron chi connectivity index (χ2n) is 3.83. The van der Waals surface area contributed by atoms with Gasteiger partial charge in [0, 0.05) is 13.0 Å². The number of aromatic nitrogens is 1. The lowest BCUT2D eigenvalue weighted by molar-refractivity contribution is 0.0390. The topological polar surface area (TPSA) is 48.4 Å². The predicted octanol–water partition coefficient (Wildman–Crippen LogP) is 2.18. The van der Waals surface area contributed by atoms with Crippen molar-refractivity contribution in [2.24, 2.45) is 0 Å². The van der Waals surface area contributed by atoms with E-state index in [1.807, 2.05) is 6.92 Å². The van der Waals surface area contributed by atoms with Crippen molar-refractivity contribution in [2.75, 3.05) is 13.2 Å². The van der Waals surface area contributed by atoms with Gasteiger partial charge in [0.25, 0.3) is 0 Å². The molecule has 0 bridgehead atoms. The lowest BCUT2D eigenvalue weighted by Gasteiger charge is -2.09. The van der Waals surface area contributed by atoms with Crippen LogP contribution in [0.2, 0.25) is 0 Å². The van der Waals surface area contributed by atoms with Gasteiger partial charge in [-0.3, -0.25) is 0 Å². The second-order valence-corrected chi connectivity index (χ2v) is 4.68. The van der Waals surface area contributed by atoms with Crippen molar-refractivity contribution < 1.29 is 14.3 Å². The van der Waals surface area contributed by atoms with E-state index in [1.165, 1.54) is 11.3 Å². The number of esters is 1. The maximum Gasteiger partial charge on any atom is 0.350 e. The molecule has 0 aromatic carbocycles. The third kappa shape index (κ3) is 2.80. The van der Waals surface area contributed by atoms with Gasteiger partial charge in [0.05, 0.1) is 23.9 Å². The minimum absolute atomic E-state index is 0.266. The molecule has 1 atom stereocenters. The molecule has 0 radical (unpaired) electrons. The fourth-order valence-corrected chi connectivity index (χ4v) is 2.41. The molecule has 1 aliphatic heterocycles. The van der Waals surface area contributed by atoms with Gasteiger partial charge in [0.1, 0.15) is 4.88 Å². The Morgan fingerprint density at radius 2 is 2.62 bits per heavy atom. The molecule has 0 saturated carbocycles. The van der Waals surface area contributed by atoms with Crippen molar-refractivity contribution in [1.82, 2.24) is 4.98 Å². The summed E-state index contributed by atoms with van der Waals surface area (Å²) in [6.07, 6.45) is 3.27. The van der Waals surface area contributed by atoms with Gasteiger partial charge < -0.3 is 9.47 Å². The molecule has 1 aromatic heterocycles. The van der Waals surface area contributed by atoms with E-state index >= 15 is 0 Å². The van der Waals surface area contributed by atoms with Crippen LogP contribution in [-0.2, 0) is 9.47 Å². The maximum absolute atomic E-state index is 11.6. The largest absolute Gasteiger partial charge is 0.461 e. The summed E-state index contributed by atoms with van der Waals surface area (Å²) in [6, 6.07) is 0. The van der Waals surface area contributed by atoms with Crippen LogP contribution in [0.15, 0.2) is 5.51 Å². The highest BCUT2D eigenvalue weighted by molar-refractivity contribution is 7.11. The molecule has 0 aliphatic carbocycles. The first kappa shape index (κ1) is 11.5. The summed E-state index contributed by atoms with van der Waals surface area (Å²) in [7, 11) is 0. The molecule has 1 aromatic rings. The molecule has 1 aliphatic rings. The van der Waals surface area contributed by atoms with Crippen LogP contribution in [0.3, 0.4) is 0 Å². The van der Waals surface area contributed by atoms with Crippen molar-refractivity contribution in [3.8, 4) is 0 Å². The number of hydrogen-bond acceptors (Lipinski definition) is 5. The minimum atomic E-state index is -0.266. The highest BCUT2D eigenvalue weighted by atomic mass is 32.1. The lowest BCUT2D eigenvalue weighted by Crippen LogP contribution is -2.12. The van der Waals surface area contributed by atoms with Gasteiger partial charge in [0.15, 0.2) is 0 Å². The summed E-state index contributed by atoms with van der Waals surface area (Å²) in [6.45, 7) is 3.08. The van der Waals surface area contributed by atoms with Crippen molar-refractivity contribution in [3.63, 3.8) is 0 Å². The standard InChI is InChI=1S/C11H15NO3S/c1-8-10(16-7-12-8)11(13)15-6-4-9-3-2-5-14-9/h7,9H,2-6H2,1H3. The SMILES string of the molecule is Cc1ncsc1C(=O)OCCC1CCCO1. The zero-order valence-electron chi connectivity index (χ0n) is 9.27. The Bertz CT molecular complexity index is 358. The molecule has 0 N–H and O–H groups in total. The van der Waals surface area contributed by atoms with E-state index in [2.05, 4.69) is 4.98 Å². The Labute approximate surface area is 98.6 Å². The number of hydrogen-bond donors (Lipinski definition) is 0. The first-order chi connectivity index (χ1) is 7.77. The van der Waals surface area contributed by atoms with Gasteiger partial charge in [0.2, 0.25) is 0 Å². The van der Waals surface area contributed by atoms with Crippen LogP contribution in [0.1, 0.15) is 34.6 Å². The Morgan fingerprint density at radius 3 is 3.25 bits per heavy atom. The molecule has 1 unspecified atom stereocenters.